The van der Waals surface area contributed by atoms with Gasteiger partial charge in [-0.1, -0.05) is 6.07 Å². The maximum atomic E-state index is 12.6. The van der Waals surface area contributed by atoms with Gasteiger partial charge in [-0.3, -0.25) is 4.79 Å². The average Bonchev–Trinajstić information content (AvgIpc) is 3.03. The number of benzene rings is 1. The molecule has 3 rings (SSSR count). The van der Waals surface area contributed by atoms with Gasteiger partial charge in [0.05, 0.1) is 18.6 Å². The van der Waals surface area contributed by atoms with Gasteiger partial charge in [-0.2, -0.15) is 5.26 Å². The lowest BCUT2D eigenvalue weighted by molar-refractivity contribution is -0.115. The topological polar surface area (TPSA) is 144 Å². The van der Waals surface area contributed by atoms with Crippen molar-refractivity contribution >= 4 is 32.3 Å². The molecule has 2 heterocycles. The third-order valence-corrected chi connectivity index (χ3v) is 6.92. The molecule has 0 spiro atoms. The second kappa shape index (κ2) is 9.76. The van der Waals surface area contributed by atoms with Gasteiger partial charge < -0.3 is 20.1 Å². The quantitative estimate of drug-likeness (QED) is 0.502. The zero-order chi connectivity index (χ0) is 22.6. The molecule has 166 valence electrons. The van der Waals surface area contributed by atoms with Gasteiger partial charge in [0.1, 0.15) is 28.3 Å². The van der Waals surface area contributed by atoms with E-state index in [-0.39, 0.29) is 36.2 Å². The third-order valence-electron chi connectivity index (χ3n) is 4.80. The number of hydrogen-bond acceptors (Lipinski definition) is 8. The van der Waals surface area contributed by atoms with Gasteiger partial charge in [-0.15, -0.1) is 11.3 Å². The van der Waals surface area contributed by atoms with Crippen LogP contribution in [0, 0.1) is 11.3 Å². The Labute approximate surface area is 185 Å². The third kappa shape index (κ3) is 5.61. The number of carbonyl (C=O) groups is 1. The smallest absolute Gasteiger partial charge is 0.241 e. The first-order valence-corrected chi connectivity index (χ1v) is 11.9. The van der Waals surface area contributed by atoms with Gasteiger partial charge in [0, 0.05) is 24.6 Å². The van der Waals surface area contributed by atoms with Crippen LogP contribution in [-0.4, -0.2) is 40.7 Å². The lowest BCUT2D eigenvalue weighted by Gasteiger charge is -2.19. The number of ether oxygens (including phenoxy) is 2. The monoisotopic (exact) mass is 464 g/mol. The number of nitrogens with one attached hydrogen (secondary N) is 2. The first kappa shape index (κ1) is 23.2. The number of methoxy groups -OCH3 is 1. The Hall–Kier alpha value is -2.49. The van der Waals surface area contributed by atoms with E-state index < -0.39 is 10.0 Å². The Kier molecular flexibility index (Phi) is 7.30. The minimum absolute atomic E-state index is 0.0202. The van der Waals surface area contributed by atoms with E-state index in [9.17, 15) is 18.5 Å². The normalized spacial score (nSPS) is 15.7. The van der Waals surface area contributed by atoms with Gasteiger partial charge in [-0.25, -0.2) is 13.6 Å². The van der Waals surface area contributed by atoms with Crippen LogP contribution in [0.1, 0.15) is 28.5 Å². The van der Waals surface area contributed by atoms with E-state index in [2.05, 4.69) is 23.6 Å². The zero-order valence-corrected chi connectivity index (χ0v) is 18.9. The molecule has 9 nitrogen and oxygen atoms in total. The molecule has 11 heteroatoms. The number of carbonyl (C=O) groups excluding carboxylic acids is 1. The van der Waals surface area contributed by atoms with Gasteiger partial charge in [0.15, 0.2) is 0 Å². The van der Waals surface area contributed by atoms with E-state index in [1.54, 1.807) is 0 Å². The number of sulfonamides is 1. The molecular formula is C20H24N4O5S2. The minimum atomic E-state index is -3.99. The first-order chi connectivity index (χ1) is 14.7. The summed E-state index contributed by atoms with van der Waals surface area (Å²) in [6.07, 6.45) is 0.787. The highest BCUT2D eigenvalue weighted by Crippen LogP contribution is 2.36. The van der Waals surface area contributed by atoms with E-state index in [4.69, 9.17) is 14.6 Å². The molecule has 0 saturated heterocycles. The summed E-state index contributed by atoms with van der Waals surface area (Å²) in [5.74, 6) is -0.253. The second-order valence-corrected chi connectivity index (χ2v) is 9.83. The van der Waals surface area contributed by atoms with Gasteiger partial charge in [0.25, 0.3) is 0 Å². The molecule has 4 N–H and O–H groups in total. The van der Waals surface area contributed by atoms with Crippen LogP contribution >= 0.6 is 11.3 Å². The molecule has 1 amide bonds. The number of anilines is 1. The van der Waals surface area contributed by atoms with Crippen molar-refractivity contribution in [3.63, 3.8) is 0 Å². The van der Waals surface area contributed by atoms with Crippen molar-refractivity contribution in [2.24, 2.45) is 5.14 Å². The minimum Gasteiger partial charge on any atom is -0.490 e. The van der Waals surface area contributed by atoms with Gasteiger partial charge in [0.2, 0.25) is 15.9 Å². The van der Waals surface area contributed by atoms with Gasteiger partial charge >= 0.3 is 0 Å². The number of amides is 1. The fourth-order valence-electron chi connectivity index (χ4n) is 3.30. The highest BCUT2D eigenvalue weighted by molar-refractivity contribution is 7.89. The van der Waals surface area contributed by atoms with E-state index >= 15 is 0 Å². The summed E-state index contributed by atoms with van der Waals surface area (Å²) in [5.41, 5.74) is 1.97. The second-order valence-electron chi connectivity index (χ2n) is 7.20. The number of nitrogens with two attached hydrogens (primary N) is 1. The largest absolute Gasteiger partial charge is 0.490 e. The maximum absolute atomic E-state index is 12.6. The molecule has 1 aliphatic heterocycles. The Balaban J connectivity index is 1.78. The van der Waals surface area contributed by atoms with Crippen LogP contribution in [0.4, 0.5) is 5.00 Å². The van der Waals surface area contributed by atoms with Crippen molar-refractivity contribution in [2.75, 3.05) is 25.6 Å². The molecule has 1 aromatic heterocycles. The highest BCUT2D eigenvalue weighted by atomic mass is 32.2. The van der Waals surface area contributed by atoms with Crippen molar-refractivity contribution < 1.29 is 22.7 Å². The number of primary sulfonamides is 1. The van der Waals surface area contributed by atoms with Crippen molar-refractivity contribution in [1.29, 1.82) is 5.26 Å². The van der Waals surface area contributed by atoms with Crippen molar-refractivity contribution in [2.45, 2.75) is 37.2 Å². The van der Waals surface area contributed by atoms with Crippen LogP contribution in [0.3, 0.4) is 0 Å². The van der Waals surface area contributed by atoms with Crippen LogP contribution in [0.15, 0.2) is 23.1 Å². The van der Waals surface area contributed by atoms with E-state index in [1.165, 1.54) is 36.6 Å². The summed E-state index contributed by atoms with van der Waals surface area (Å²) in [6.45, 7) is 3.07. The zero-order valence-electron chi connectivity index (χ0n) is 17.2. The molecule has 31 heavy (non-hydrogen) atoms. The number of nitrogens with zero attached hydrogens (tertiary/aromatic N) is 1. The Morgan fingerprint density at radius 1 is 1.42 bits per heavy atom. The number of hydrogen-bond donors (Lipinski definition) is 3. The molecule has 1 aliphatic rings. The molecule has 1 unspecified atom stereocenters. The molecule has 0 bridgehead atoms. The number of rotatable bonds is 8. The number of thiophene rings is 1. The summed E-state index contributed by atoms with van der Waals surface area (Å²) in [5, 5.41) is 21.5. The molecule has 0 saturated carbocycles. The van der Waals surface area contributed by atoms with Crippen molar-refractivity contribution in [3.05, 3.63) is 39.8 Å². The van der Waals surface area contributed by atoms with Gasteiger partial charge in [-0.05, 0) is 36.6 Å². The number of fused-ring (bicyclic) bond motifs is 1. The summed E-state index contributed by atoms with van der Waals surface area (Å²) in [4.78, 5) is 13.6. The molecule has 0 fully saturated rings. The molecule has 0 radical (unpaired) electrons. The Morgan fingerprint density at radius 2 is 2.19 bits per heavy atom. The fourth-order valence-corrected chi connectivity index (χ4v) is 5.27. The lowest BCUT2D eigenvalue weighted by atomic mass is 10.0. The molecule has 1 atom stereocenters. The van der Waals surface area contributed by atoms with Crippen LogP contribution in [-0.2, 0) is 38.9 Å². The van der Waals surface area contributed by atoms with Crippen molar-refractivity contribution in [1.82, 2.24) is 5.32 Å². The fraction of sp³-hybridized carbons (Fsp3) is 0.400. The Morgan fingerprint density at radius 3 is 2.87 bits per heavy atom. The molecule has 0 aliphatic carbocycles. The van der Waals surface area contributed by atoms with Crippen LogP contribution in [0.5, 0.6) is 5.75 Å². The summed E-state index contributed by atoms with van der Waals surface area (Å²) in [7, 11) is -2.49. The lowest BCUT2D eigenvalue weighted by Crippen LogP contribution is -2.32. The summed E-state index contributed by atoms with van der Waals surface area (Å²) >= 11 is 1.42. The molecular weight excluding hydrogens is 440 g/mol. The predicted molar refractivity (Wildman–Crippen MR) is 117 cm³/mol. The Bertz CT molecular complexity index is 1120. The van der Waals surface area contributed by atoms with Crippen LogP contribution in [0.2, 0.25) is 0 Å². The highest BCUT2D eigenvalue weighted by Gasteiger charge is 2.24. The van der Waals surface area contributed by atoms with E-state index in [1.807, 2.05) is 0 Å². The molecule has 2 aromatic rings. The average molecular weight is 465 g/mol. The summed E-state index contributed by atoms with van der Waals surface area (Å²) in [6, 6.07) is 6.82. The van der Waals surface area contributed by atoms with Crippen molar-refractivity contribution in [3.8, 4) is 11.8 Å². The SMILES string of the molecule is COCCOc1cc(CC(=O)Nc2sc3c(c2C#N)CNC(C)C3)ccc1S(N)(=O)=O. The first-order valence-electron chi connectivity index (χ1n) is 9.58. The standard InChI is InChI=1S/C20H24N4O5S2/c1-12-7-17-15(11-23-12)14(10-21)20(30-17)24-19(25)9-13-3-4-18(31(22,26)27)16(8-13)29-6-5-28-2/h3-4,8,12,23H,5-7,9,11H2,1-2H3,(H,24,25)(H2,22,26,27). The predicted octanol–water partition coefficient (Wildman–Crippen LogP) is 1.51. The molecule has 1 aromatic carbocycles. The number of nitriles is 1. The van der Waals surface area contributed by atoms with Crippen LogP contribution in [0.25, 0.3) is 0 Å². The summed E-state index contributed by atoms with van der Waals surface area (Å²) < 4.78 is 34.0. The maximum Gasteiger partial charge on any atom is 0.241 e. The van der Waals surface area contributed by atoms with E-state index in [0.717, 1.165) is 16.9 Å². The van der Waals surface area contributed by atoms with E-state index in [0.29, 0.717) is 28.7 Å². The van der Waals surface area contributed by atoms with Crippen LogP contribution < -0.4 is 20.5 Å².